The van der Waals surface area contributed by atoms with E-state index in [-0.39, 0.29) is 11.6 Å². The molecule has 1 aliphatic carbocycles. The lowest BCUT2D eigenvalue weighted by Crippen LogP contribution is -2.49. The molecular formula is C18H27FN2O3S2. The maximum Gasteiger partial charge on any atom is 0.243 e. The van der Waals surface area contributed by atoms with Crippen molar-refractivity contribution in [1.82, 2.24) is 5.32 Å². The number of nitrogens with zero attached hydrogens (tertiary/aromatic N) is 1. The number of carbonyl (C=O) groups is 1. The third kappa shape index (κ3) is 5.87. The second-order valence-electron chi connectivity index (χ2n) is 6.53. The summed E-state index contributed by atoms with van der Waals surface area (Å²) in [5, 5.41) is 3.53. The van der Waals surface area contributed by atoms with Gasteiger partial charge in [0.15, 0.2) is 0 Å². The van der Waals surface area contributed by atoms with E-state index in [1.165, 1.54) is 49.9 Å². The highest BCUT2D eigenvalue weighted by molar-refractivity contribution is 7.99. The first kappa shape index (κ1) is 21.0. The predicted octanol–water partition coefficient (Wildman–Crippen LogP) is 3.16. The minimum atomic E-state index is -3.69. The minimum absolute atomic E-state index is 0.288. The predicted molar refractivity (Wildman–Crippen MR) is 106 cm³/mol. The molecule has 0 spiro atoms. The molecule has 1 saturated carbocycles. The maximum atomic E-state index is 13.2. The summed E-state index contributed by atoms with van der Waals surface area (Å²) in [7, 11) is -3.69. The van der Waals surface area contributed by atoms with Gasteiger partial charge in [0.25, 0.3) is 0 Å². The van der Waals surface area contributed by atoms with Crippen molar-refractivity contribution in [1.29, 1.82) is 0 Å². The molecule has 1 unspecified atom stereocenters. The van der Waals surface area contributed by atoms with Gasteiger partial charge in [0.1, 0.15) is 11.9 Å². The second-order valence-corrected chi connectivity index (χ2v) is 9.80. The molecule has 1 amide bonds. The lowest BCUT2D eigenvalue weighted by atomic mass is 10.2. The number of rotatable bonds is 9. The molecule has 1 atom stereocenters. The third-order valence-electron chi connectivity index (χ3n) is 4.47. The molecule has 5 nitrogen and oxygen atoms in total. The molecule has 26 heavy (non-hydrogen) atoms. The van der Waals surface area contributed by atoms with E-state index in [0.717, 1.165) is 16.3 Å². The highest BCUT2D eigenvalue weighted by Gasteiger charge is 2.31. The van der Waals surface area contributed by atoms with Crippen molar-refractivity contribution in [2.45, 2.75) is 50.3 Å². The van der Waals surface area contributed by atoms with E-state index < -0.39 is 21.9 Å². The van der Waals surface area contributed by atoms with E-state index >= 15 is 0 Å². The van der Waals surface area contributed by atoms with Crippen molar-refractivity contribution in [2.24, 2.45) is 0 Å². The first-order valence-electron chi connectivity index (χ1n) is 8.97. The fraction of sp³-hybridized carbons (Fsp3) is 0.611. The van der Waals surface area contributed by atoms with E-state index in [2.05, 4.69) is 5.32 Å². The van der Waals surface area contributed by atoms with Crippen LogP contribution in [0, 0.1) is 5.82 Å². The topological polar surface area (TPSA) is 66.5 Å². The normalized spacial score (nSPS) is 16.4. The van der Waals surface area contributed by atoms with Gasteiger partial charge in [-0.25, -0.2) is 12.8 Å². The van der Waals surface area contributed by atoms with Crippen molar-refractivity contribution in [3.05, 3.63) is 30.1 Å². The number of halogens is 1. The van der Waals surface area contributed by atoms with Gasteiger partial charge in [-0.1, -0.05) is 19.8 Å². The monoisotopic (exact) mass is 402 g/mol. The lowest BCUT2D eigenvalue weighted by Gasteiger charge is -2.30. The van der Waals surface area contributed by atoms with Crippen LogP contribution < -0.4 is 9.62 Å². The fourth-order valence-corrected chi connectivity index (χ4v) is 5.65. The van der Waals surface area contributed by atoms with Crippen LogP contribution in [0.4, 0.5) is 10.1 Å². The Labute approximate surface area is 159 Å². The van der Waals surface area contributed by atoms with Crippen LogP contribution >= 0.6 is 11.8 Å². The highest BCUT2D eigenvalue weighted by atomic mass is 32.2. The number of thioether (sulfide) groups is 1. The van der Waals surface area contributed by atoms with Gasteiger partial charge in [-0.2, -0.15) is 11.8 Å². The van der Waals surface area contributed by atoms with E-state index in [4.69, 9.17) is 0 Å². The molecule has 0 bridgehead atoms. The molecule has 146 valence electrons. The Morgan fingerprint density at radius 2 is 1.92 bits per heavy atom. The molecule has 0 radical (unpaired) electrons. The molecule has 1 aliphatic rings. The summed E-state index contributed by atoms with van der Waals surface area (Å²) in [6.45, 7) is 2.27. The van der Waals surface area contributed by atoms with Crippen LogP contribution in [0.5, 0.6) is 0 Å². The standard InChI is InChI=1S/C18H27FN2O3S2/c1-3-17(18(22)20-12-13-25-16-6-4-5-7-16)21(26(2,23)24)15-10-8-14(19)9-11-15/h8-11,16-17H,3-7,12-13H2,1-2H3,(H,20,22). The highest BCUT2D eigenvalue weighted by Crippen LogP contribution is 2.29. The zero-order chi connectivity index (χ0) is 19.2. The van der Waals surface area contributed by atoms with Crippen LogP contribution in [0.25, 0.3) is 0 Å². The van der Waals surface area contributed by atoms with Gasteiger partial charge in [0, 0.05) is 17.5 Å². The van der Waals surface area contributed by atoms with Crippen molar-refractivity contribution in [2.75, 3.05) is 22.9 Å². The van der Waals surface area contributed by atoms with Crippen molar-refractivity contribution in [3.8, 4) is 0 Å². The van der Waals surface area contributed by atoms with Crippen LogP contribution in [-0.2, 0) is 14.8 Å². The van der Waals surface area contributed by atoms with Gasteiger partial charge in [-0.15, -0.1) is 0 Å². The number of benzene rings is 1. The summed E-state index contributed by atoms with van der Waals surface area (Å²) in [6, 6.07) is 4.28. The number of amides is 1. The Kier molecular flexibility index (Phi) is 7.76. The number of nitrogens with one attached hydrogen (secondary N) is 1. The molecule has 0 heterocycles. The molecular weight excluding hydrogens is 375 g/mol. The molecule has 0 aliphatic heterocycles. The van der Waals surface area contributed by atoms with E-state index in [9.17, 15) is 17.6 Å². The Bertz CT molecular complexity index is 689. The number of carbonyl (C=O) groups excluding carboxylic acids is 1. The molecule has 2 rings (SSSR count). The molecule has 1 fully saturated rings. The first-order valence-corrected chi connectivity index (χ1v) is 11.9. The Morgan fingerprint density at radius 3 is 2.46 bits per heavy atom. The average molecular weight is 403 g/mol. The zero-order valence-corrected chi connectivity index (χ0v) is 16.9. The van der Waals surface area contributed by atoms with Crippen molar-refractivity contribution in [3.63, 3.8) is 0 Å². The number of hydrogen-bond donors (Lipinski definition) is 1. The van der Waals surface area contributed by atoms with Crippen LogP contribution in [0.2, 0.25) is 0 Å². The van der Waals surface area contributed by atoms with Crippen LogP contribution in [0.3, 0.4) is 0 Å². The summed E-state index contributed by atoms with van der Waals surface area (Å²) in [5.41, 5.74) is 0.288. The molecule has 1 N–H and O–H groups in total. The van der Waals surface area contributed by atoms with Gasteiger partial charge in [0.2, 0.25) is 15.9 Å². The Hall–Kier alpha value is -1.28. The van der Waals surface area contributed by atoms with Crippen LogP contribution in [0.15, 0.2) is 24.3 Å². The maximum absolute atomic E-state index is 13.2. The van der Waals surface area contributed by atoms with E-state index in [0.29, 0.717) is 18.2 Å². The molecule has 0 saturated heterocycles. The molecule has 1 aromatic carbocycles. The molecule has 0 aromatic heterocycles. The Morgan fingerprint density at radius 1 is 1.31 bits per heavy atom. The zero-order valence-electron chi connectivity index (χ0n) is 15.3. The van der Waals surface area contributed by atoms with Crippen LogP contribution in [-0.4, -0.2) is 44.2 Å². The van der Waals surface area contributed by atoms with E-state index in [1.807, 2.05) is 11.8 Å². The van der Waals surface area contributed by atoms with Gasteiger partial charge in [0.05, 0.1) is 11.9 Å². The van der Waals surface area contributed by atoms with Crippen molar-refractivity contribution >= 4 is 33.4 Å². The van der Waals surface area contributed by atoms with E-state index in [1.54, 1.807) is 6.92 Å². The van der Waals surface area contributed by atoms with Gasteiger partial charge >= 0.3 is 0 Å². The summed E-state index contributed by atoms with van der Waals surface area (Å²) >= 11 is 1.87. The smallest absolute Gasteiger partial charge is 0.243 e. The lowest BCUT2D eigenvalue weighted by molar-refractivity contribution is -0.122. The largest absolute Gasteiger partial charge is 0.353 e. The molecule has 8 heteroatoms. The molecule has 1 aromatic rings. The van der Waals surface area contributed by atoms with Gasteiger partial charge in [-0.05, 0) is 43.5 Å². The summed E-state index contributed by atoms with van der Waals surface area (Å²) in [5.74, 6) is 0.0420. The fourth-order valence-electron chi connectivity index (χ4n) is 3.22. The summed E-state index contributed by atoms with van der Waals surface area (Å²) in [4.78, 5) is 12.6. The van der Waals surface area contributed by atoms with Gasteiger partial charge in [-0.3, -0.25) is 9.10 Å². The van der Waals surface area contributed by atoms with Crippen molar-refractivity contribution < 1.29 is 17.6 Å². The van der Waals surface area contributed by atoms with Crippen LogP contribution in [0.1, 0.15) is 39.0 Å². The quantitative estimate of drug-likeness (QED) is 0.645. The average Bonchev–Trinajstić information content (AvgIpc) is 3.10. The Balaban J connectivity index is 2.01. The van der Waals surface area contributed by atoms with Gasteiger partial charge < -0.3 is 5.32 Å². The SMILES string of the molecule is CCC(C(=O)NCCSC1CCCC1)N(c1ccc(F)cc1)S(C)(=O)=O. The second kappa shape index (κ2) is 9.60. The minimum Gasteiger partial charge on any atom is -0.353 e. The number of hydrogen-bond acceptors (Lipinski definition) is 4. The number of anilines is 1. The first-order chi connectivity index (χ1) is 12.3. The number of sulfonamides is 1. The summed E-state index contributed by atoms with van der Waals surface area (Å²) < 4.78 is 38.8. The third-order valence-corrected chi connectivity index (χ3v) is 7.03. The summed E-state index contributed by atoms with van der Waals surface area (Å²) in [6.07, 6.45) is 6.42.